The summed E-state index contributed by atoms with van der Waals surface area (Å²) in [5, 5.41) is 16.8. The number of imidazole rings is 1. The molecule has 0 amide bonds. The smallest absolute Gasteiger partial charge is 0.221 e. The fourth-order valence-corrected chi connectivity index (χ4v) is 3.25. The number of anilines is 1. The highest BCUT2D eigenvalue weighted by molar-refractivity contribution is 6.09. The van der Waals surface area contributed by atoms with Gasteiger partial charge < -0.3 is 16.7 Å². The maximum absolute atomic E-state index is 8.97. The molecular formula is C19H19ClN6O. The van der Waals surface area contributed by atoms with Crippen molar-refractivity contribution in [1.29, 1.82) is 0 Å². The van der Waals surface area contributed by atoms with Gasteiger partial charge in [-0.15, -0.1) is 12.4 Å². The number of amidine groups is 1. The number of benzene rings is 2. The summed E-state index contributed by atoms with van der Waals surface area (Å²) in [7, 11) is 0. The van der Waals surface area contributed by atoms with E-state index in [1.54, 1.807) is 4.68 Å². The van der Waals surface area contributed by atoms with E-state index < -0.39 is 0 Å². The number of aromatic nitrogens is 2. The van der Waals surface area contributed by atoms with Crippen LogP contribution in [-0.4, -0.2) is 26.4 Å². The minimum absolute atomic E-state index is 0. The van der Waals surface area contributed by atoms with E-state index >= 15 is 0 Å². The number of fused-ring (bicyclic) bond motifs is 1. The lowest BCUT2D eigenvalue weighted by Crippen LogP contribution is -2.15. The minimum atomic E-state index is 0. The van der Waals surface area contributed by atoms with E-state index in [4.69, 9.17) is 16.7 Å². The molecule has 1 heterocycles. The van der Waals surface area contributed by atoms with Gasteiger partial charge >= 0.3 is 0 Å². The Kier molecular flexibility index (Phi) is 5.14. The summed E-state index contributed by atoms with van der Waals surface area (Å²) in [5.41, 5.74) is 17.2. The van der Waals surface area contributed by atoms with Crippen molar-refractivity contribution < 1.29 is 5.21 Å². The molecule has 0 atom stereocenters. The fourth-order valence-electron chi connectivity index (χ4n) is 3.25. The molecule has 0 saturated heterocycles. The van der Waals surface area contributed by atoms with Crippen LogP contribution in [0.25, 0.3) is 11.3 Å². The van der Waals surface area contributed by atoms with E-state index in [2.05, 4.69) is 15.2 Å². The number of nitrogens with two attached hydrogens (primary N) is 2. The monoisotopic (exact) mass is 382 g/mol. The summed E-state index contributed by atoms with van der Waals surface area (Å²) in [6, 6.07) is 15.5. The van der Waals surface area contributed by atoms with Crippen molar-refractivity contribution >= 4 is 29.9 Å². The molecule has 27 heavy (non-hydrogen) atoms. The molecule has 1 aromatic heterocycles. The van der Waals surface area contributed by atoms with Gasteiger partial charge in [0.15, 0.2) is 5.84 Å². The summed E-state index contributed by atoms with van der Waals surface area (Å²) in [6.07, 6.45) is 3.35. The maximum atomic E-state index is 8.97. The van der Waals surface area contributed by atoms with E-state index in [1.807, 2.05) is 54.7 Å². The van der Waals surface area contributed by atoms with Crippen LogP contribution in [0, 0.1) is 0 Å². The SMILES string of the molecule is Cl.N/C(=N\O)c1cccc2c1CC/C2=N\n1cc(-c2ccccc2)nc1N. The molecule has 0 unspecified atom stereocenters. The first-order valence-corrected chi connectivity index (χ1v) is 8.25. The van der Waals surface area contributed by atoms with E-state index in [9.17, 15) is 0 Å². The first-order valence-electron chi connectivity index (χ1n) is 8.25. The van der Waals surface area contributed by atoms with Gasteiger partial charge in [0.05, 0.1) is 17.6 Å². The van der Waals surface area contributed by atoms with Crippen LogP contribution in [0.4, 0.5) is 5.95 Å². The Labute approximate surface area is 162 Å². The predicted octanol–water partition coefficient (Wildman–Crippen LogP) is 2.85. The zero-order valence-electron chi connectivity index (χ0n) is 14.4. The van der Waals surface area contributed by atoms with Gasteiger partial charge in [-0.3, -0.25) is 0 Å². The van der Waals surface area contributed by atoms with E-state index in [-0.39, 0.29) is 18.2 Å². The van der Waals surface area contributed by atoms with E-state index in [0.717, 1.165) is 46.5 Å². The standard InChI is InChI=1S/C19H18N6O.ClH/c20-18(24-26)15-8-4-7-14-13(15)9-10-16(14)23-25-11-17(22-19(25)21)12-5-2-1-3-6-12;/h1-8,11,26H,9-10H2,(H2,20,24)(H2,21,22);1H/b23-16+;. The molecule has 7 nitrogen and oxygen atoms in total. The van der Waals surface area contributed by atoms with Gasteiger partial charge in [0.25, 0.3) is 0 Å². The topological polar surface area (TPSA) is 115 Å². The zero-order chi connectivity index (χ0) is 18.1. The summed E-state index contributed by atoms with van der Waals surface area (Å²) in [5.74, 6) is 0.439. The second kappa shape index (κ2) is 7.51. The minimum Gasteiger partial charge on any atom is -0.409 e. The van der Waals surface area contributed by atoms with Crippen LogP contribution in [0.15, 0.2) is 65.0 Å². The third-order valence-electron chi connectivity index (χ3n) is 4.49. The van der Waals surface area contributed by atoms with Crippen LogP contribution in [0.3, 0.4) is 0 Å². The van der Waals surface area contributed by atoms with Gasteiger partial charge in [-0.05, 0) is 18.4 Å². The zero-order valence-corrected chi connectivity index (χ0v) is 15.2. The molecule has 0 saturated carbocycles. The highest BCUT2D eigenvalue weighted by atomic mass is 35.5. The molecule has 0 aliphatic heterocycles. The van der Waals surface area contributed by atoms with Crippen molar-refractivity contribution in [3.63, 3.8) is 0 Å². The maximum Gasteiger partial charge on any atom is 0.221 e. The number of rotatable bonds is 3. The van der Waals surface area contributed by atoms with Crippen molar-refractivity contribution in [3.8, 4) is 11.3 Å². The van der Waals surface area contributed by atoms with Crippen LogP contribution in [0.1, 0.15) is 23.1 Å². The molecule has 1 aliphatic carbocycles. The average molecular weight is 383 g/mol. The highest BCUT2D eigenvalue weighted by Crippen LogP contribution is 2.27. The van der Waals surface area contributed by atoms with Gasteiger partial charge in [0.2, 0.25) is 5.95 Å². The molecule has 1 aliphatic rings. The van der Waals surface area contributed by atoms with Crippen LogP contribution in [-0.2, 0) is 6.42 Å². The largest absolute Gasteiger partial charge is 0.409 e. The third kappa shape index (κ3) is 3.37. The number of hydrogen-bond acceptors (Lipinski definition) is 5. The number of halogens is 1. The molecule has 0 fully saturated rings. The second-order valence-corrected chi connectivity index (χ2v) is 6.06. The summed E-state index contributed by atoms with van der Waals surface area (Å²) >= 11 is 0. The van der Waals surface area contributed by atoms with Gasteiger partial charge in [-0.25, -0.2) is 9.66 Å². The van der Waals surface area contributed by atoms with Crippen molar-refractivity contribution in [3.05, 3.63) is 71.4 Å². The Morgan fingerprint density at radius 3 is 2.59 bits per heavy atom. The fraction of sp³-hybridized carbons (Fsp3) is 0.105. The molecule has 0 bridgehead atoms. The van der Waals surface area contributed by atoms with E-state index in [0.29, 0.717) is 5.95 Å². The Bertz CT molecular complexity index is 1030. The lowest BCUT2D eigenvalue weighted by Gasteiger charge is -2.06. The van der Waals surface area contributed by atoms with Crippen molar-refractivity contribution in [2.45, 2.75) is 12.8 Å². The van der Waals surface area contributed by atoms with Gasteiger partial charge in [-0.2, -0.15) is 5.10 Å². The van der Waals surface area contributed by atoms with E-state index in [1.165, 1.54) is 0 Å². The Hall–Kier alpha value is -3.32. The summed E-state index contributed by atoms with van der Waals surface area (Å²) in [6.45, 7) is 0. The molecule has 5 N–H and O–H groups in total. The second-order valence-electron chi connectivity index (χ2n) is 6.06. The number of nitrogens with zero attached hydrogens (tertiary/aromatic N) is 4. The number of oxime groups is 1. The molecular weight excluding hydrogens is 364 g/mol. The normalized spacial score (nSPS) is 14.8. The van der Waals surface area contributed by atoms with Crippen molar-refractivity contribution in [2.24, 2.45) is 16.0 Å². The third-order valence-corrected chi connectivity index (χ3v) is 4.49. The van der Waals surface area contributed by atoms with Crippen LogP contribution in [0.5, 0.6) is 0 Å². The van der Waals surface area contributed by atoms with Crippen LogP contribution >= 0.6 is 12.4 Å². The molecule has 0 spiro atoms. The Balaban J connectivity index is 0.00000210. The molecule has 4 rings (SSSR count). The molecule has 0 radical (unpaired) electrons. The van der Waals surface area contributed by atoms with Gasteiger partial charge in [0, 0.05) is 16.7 Å². The lowest BCUT2D eigenvalue weighted by atomic mass is 10.0. The van der Waals surface area contributed by atoms with Gasteiger partial charge in [-0.1, -0.05) is 53.7 Å². The average Bonchev–Trinajstić information content (AvgIpc) is 3.26. The Morgan fingerprint density at radius 2 is 1.85 bits per heavy atom. The molecule has 2 aromatic carbocycles. The quantitative estimate of drug-likeness (QED) is 0.279. The Morgan fingerprint density at radius 1 is 1.07 bits per heavy atom. The van der Waals surface area contributed by atoms with Crippen LogP contribution < -0.4 is 11.5 Å². The van der Waals surface area contributed by atoms with Crippen LogP contribution in [0.2, 0.25) is 0 Å². The summed E-state index contributed by atoms with van der Waals surface area (Å²) in [4.78, 5) is 4.40. The predicted molar refractivity (Wildman–Crippen MR) is 109 cm³/mol. The van der Waals surface area contributed by atoms with Gasteiger partial charge in [0.1, 0.15) is 0 Å². The number of hydrogen-bond donors (Lipinski definition) is 3. The molecule has 8 heteroatoms. The highest BCUT2D eigenvalue weighted by Gasteiger charge is 2.22. The summed E-state index contributed by atoms with van der Waals surface area (Å²) < 4.78 is 1.60. The molecule has 138 valence electrons. The van der Waals surface area contributed by atoms with Crippen molar-refractivity contribution in [2.75, 3.05) is 5.73 Å². The first-order chi connectivity index (χ1) is 12.7. The first kappa shape index (κ1) is 18.5. The van der Waals surface area contributed by atoms with Crippen molar-refractivity contribution in [1.82, 2.24) is 9.66 Å². The number of nitrogen functional groups attached to an aromatic ring is 1. The molecule has 3 aromatic rings. The lowest BCUT2D eigenvalue weighted by molar-refractivity contribution is 0.318.